The molecule has 1 aromatic heterocycles. The van der Waals surface area contributed by atoms with Crippen molar-refractivity contribution in [1.82, 2.24) is 15.5 Å². The van der Waals surface area contributed by atoms with Gasteiger partial charge in [0.05, 0.1) is 26.7 Å². The van der Waals surface area contributed by atoms with Gasteiger partial charge in [0.1, 0.15) is 11.5 Å². The first-order chi connectivity index (χ1) is 13.6. The maximum atomic E-state index is 12.2. The summed E-state index contributed by atoms with van der Waals surface area (Å²) in [6.07, 6.45) is 0.269. The van der Waals surface area contributed by atoms with Gasteiger partial charge in [-0.15, -0.1) is 0 Å². The van der Waals surface area contributed by atoms with Gasteiger partial charge in [-0.3, -0.25) is 4.79 Å². The molecule has 0 radical (unpaired) electrons. The number of benzene rings is 2. The number of methoxy groups -OCH3 is 1. The van der Waals surface area contributed by atoms with E-state index in [1.54, 1.807) is 7.11 Å². The number of aryl methyl sites for hydroxylation is 1. The van der Waals surface area contributed by atoms with Crippen LogP contribution in [0.2, 0.25) is 0 Å². The van der Waals surface area contributed by atoms with E-state index >= 15 is 0 Å². The van der Waals surface area contributed by atoms with E-state index in [9.17, 15) is 4.79 Å². The van der Waals surface area contributed by atoms with Crippen LogP contribution in [0.15, 0.2) is 47.0 Å². The summed E-state index contributed by atoms with van der Waals surface area (Å²) in [5.74, 6) is 2.29. The molecule has 0 bridgehead atoms. The van der Waals surface area contributed by atoms with Crippen LogP contribution in [0, 0.1) is 6.92 Å². The van der Waals surface area contributed by atoms with E-state index in [0.717, 1.165) is 28.2 Å². The third kappa shape index (κ3) is 4.88. The Balaban J connectivity index is 1.55. The summed E-state index contributed by atoms with van der Waals surface area (Å²) in [7, 11) is 1.63. The minimum atomic E-state index is -0.120. The molecule has 0 spiro atoms. The van der Waals surface area contributed by atoms with Gasteiger partial charge in [-0.2, -0.15) is 4.98 Å². The molecule has 146 valence electrons. The molecule has 0 atom stereocenters. The second kappa shape index (κ2) is 9.03. The van der Waals surface area contributed by atoms with Gasteiger partial charge in [0, 0.05) is 5.56 Å². The summed E-state index contributed by atoms with van der Waals surface area (Å²) in [5, 5.41) is 6.76. The molecule has 7 nitrogen and oxygen atoms in total. The second-order valence-electron chi connectivity index (χ2n) is 6.23. The maximum Gasteiger partial charge on any atom is 0.246 e. The van der Waals surface area contributed by atoms with Crippen molar-refractivity contribution in [2.24, 2.45) is 0 Å². The molecule has 7 heteroatoms. The molecule has 0 aliphatic heterocycles. The van der Waals surface area contributed by atoms with Crippen molar-refractivity contribution in [3.05, 3.63) is 59.5 Å². The number of hydrogen-bond acceptors (Lipinski definition) is 6. The zero-order chi connectivity index (χ0) is 19.9. The van der Waals surface area contributed by atoms with Crippen LogP contribution in [-0.2, 0) is 17.8 Å². The van der Waals surface area contributed by atoms with E-state index < -0.39 is 0 Å². The molecular formula is C21H23N3O4. The lowest BCUT2D eigenvalue weighted by Crippen LogP contribution is -2.24. The van der Waals surface area contributed by atoms with Crippen LogP contribution in [0.25, 0.3) is 11.4 Å². The first-order valence-electron chi connectivity index (χ1n) is 9.05. The monoisotopic (exact) mass is 381 g/mol. The van der Waals surface area contributed by atoms with E-state index in [4.69, 9.17) is 14.0 Å². The average Bonchev–Trinajstić information content (AvgIpc) is 3.16. The molecule has 0 aliphatic carbocycles. The smallest absolute Gasteiger partial charge is 0.246 e. The fraction of sp³-hybridized carbons (Fsp3) is 0.286. The SMILES string of the molecule is CCOc1ccc(-c2noc(CNC(=O)Cc3ccc(OC)c(C)c3)n2)cc1. The van der Waals surface area contributed by atoms with Gasteiger partial charge in [0.25, 0.3) is 0 Å². The predicted molar refractivity (Wildman–Crippen MR) is 104 cm³/mol. The number of carbonyl (C=O) groups is 1. The fourth-order valence-electron chi connectivity index (χ4n) is 2.78. The van der Waals surface area contributed by atoms with Crippen molar-refractivity contribution in [2.75, 3.05) is 13.7 Å². The van der Waals surface area contributed by atoms with Crippen LogP contribution in [0.4, 0.5) is 0 Å². The third-order valence-electron chi connectivity index (χ3n) is 4.15. The number of nitrogens with zero attached hydrogens (tertiary/aromatic N) is 2. The average molecular weight is 381 g/mol. The Morgan fingerprint density at radius 3 is 2.64 bits per heavy atom. The summed E-state index contributed by atoms with van der Waals surface area (Å²) in [5.41, 5.74) is 2.72. The number of amides is 1. The highest BCUT2D eigenvalue weighted by atomic mass is 16.5. The van der Waals surface area contributed by atoms with E-state index in [1.165, 1.54) is 0 Å². The summed E-state index contributed by atoms with van der Waals surface area (Å²) in [6, 6.07) is 13.1. The van der Waals surface area contributed by atoms with Crippen molar-refractivity contribution in [1.29, 1.82) is 0 Å². The molecule has 0 unspecified atom stereocenters. The molecular weight excluding hydrogens is 358 g/mol. The van der Waals surface area contributed by atoms with Crippen LogP contribution in [0.5, 0.6) is 11.5 Å². The Morgan fingerprint density at radius 1 is 1.18 bits per heavy atom. The zero-order valence-corrected chi connectivity index (χ0v) is 16.2. The molecule has 1 heterocycles. The fourth-order valence-corrected chi connectivity index (χ4v) is 2.78. The standard InChI is InChI=1S/C21H23N3O4/c1-4-27-17-8-6-16(7-9-17)21-23-20(28-24-21)13-22-19(25)12-15-5-10-18(26-3)14(2)11-15/h5-11H,4,12-13H2,1-3H3,(H,22,25). The minimum Gasteiger partial charge on any atom is -0.496 e. The van der Waals surface area contributed by atoms with Crippen LogP contribution < -0.4 is 14.8 Å². The third-order valence-corrected chi connectivity index (χ3v) is 4.15. The van der Waals surface area contributed by atoms with Crippen LogP contribution in [0.3, 0.4) is 0 Å². The quantitative estimate of drug-likeness (QED) is 0.644. The van der Waals surface area contributed by atoms with Crippen LogP contribution in [-0.4, -0.2) is 29.8 Å². The van der Waals surface area contributed by atoms with Gasteiger partial charge in [-0.05, 0) is 55.3 Å². The molecule has 0 saturated carbocycles. The normalized spacial score (nSPS) is 10.5. The molecule has 0 saturated heterocycles. The predicted octanol–water partition coefficient (Wildman–Crippen LogP) is 3.31. The van der Waals surface area contributed by atoms with Crippen LogP contribution >= 0.6 is 0 Å². The number of aromatic nitrogens is 2. The van der Waals surface area contributed by atoms with E-state index in [1.807, 2.05) is 56.3 Å². The highest BCUT2D eigenvalue weighted by Gasteiger charge is 2.11. The largest absolute Gasteiger partial charge is 0.496 e. The molecule has 0 fully saturated rings. The van der Waals surface area contributed by atoms with Crippen molar-refractivity contribution in [3.63, 3.8) is 0 Å². The molecule has 1 N–H and O–H groups in total. The van der Waals surface area contributed by atoms with Gasteiger partial charge in [0.2, 0.25) is 17.6 Å². The number of nitrogens with one attached hydrogen (secondary N) is 1. The zero-order valence-electron chi connectivity index (χ0n) is 16.2. The van der Waals surface area contributed by atoms with Gasteiger partial charge in [-0.1, -0.05) is 17.3 Å². The highest BCUT2D eigenvalue weighted by Crippen LogP contribution is 2.20. The lowest BCUT2D eigenvalue weighted by molar-refractivity contribution is -0.120. The maximum absolute atomic E-state index is 12.2. The minimum absolute atomic E-state index is 0.120. The molecule has 3 rings (SSSR count). The summed E-state index contributed by atoms with van der Waals surface area (Å²) < 4.78 is 15.9. The van der Waals surface area contributed by atoms with Gasteiger partial charge >= 0.3 is 0 Å². The highest BCUT2D eigenvalue weighted by molar-refractivity contribution is 5.78. The summed E-state index contributed by atoms with van der Waals surface area (Å²) in [6.45, 7) is 4.67. The van der Waals surface area contributed by atoms with Gasteiger partial charge in [0.15, 0.2) is 0 Å². The Hall–Kier alpha value is -3.35. The second-order valence-corrected chi connectivity index (χ2v) is 6.23. The summed E-state index contributed by atoms with van der Waals surface area (Å²) in [4.78, 5) is 16.5. The Labute approximate surface area is 163 Å². The number of carbonyl (C=O) groups excluding carboxylic acids is 1. The molecule has 0 aliphatic rings. The van der Waals surface area contributed by atoms with Crippen LogP contribution in [0.1, 0.15) is 23.9 Å². The van der Waals surface area contributed by atoms with Crippen molar-refractivity contribution in [3.8, 4) is 22.9 Å². The number of ether oxygens (including phenoxy) is 2. The Morgan fingerprint density at radius 2 is 1.96 bits per heavy atom. The summed E-state index contributed by atoms with van der Waals surface area (Å²) >= 11 is 0. The Kier molecular flexibility index (Phi) is 6.26. The molecule has 2 aromatic carbocycles. The topological polar surface area (TPSA) is 86.5 Å². The van der Waals surface area contributed by atoms with Gasteiger partial charge < -0.3 is 19.3 Å². The lowest BCUT2D eigenvalue weighted by Gasteiger charge is -2.07. The van der Waals surface area contributed by atoms with Gasteiger partial charge in [-0.25, -0.2) is 0 Å². The van der Waals surface area contributed by atoms with E-state index in [0.29, 0.717) is 18.3 Å². The van der Waals surface area contributed by atoms with E-state index in [-0.39, 0.29) is 18.9 Å². The molecule has 1 amide bonds. The van der Waals surface area contributed by atoms with Crippen molar-refractivity contribution < 1.29 is 18.8 Å². The number of rotatable bonds is 8. The van der Waals surface area contributed by atoms with Crippen molar-refractivity contribution >= 4 is 5.91 Å². The first kappa shape index (κ1) is 19.4. The Bertz CT molecular complexity index is 935. The van der Waals surface area contributed by atoms with E-state index in [2.05, 4.69) is 15.5 Å². The molecule has 3 aromatic rings. The number of hydrogen-bond donors (Lipinski definition) is 1. The molecule has 28 heavy (non-hydrogen) atoms. The first-order valence-corrected chi connectivity index (χ1v) is 9.05. The lowest BCUT2D eigenvalue weighted by atomic mass is 10.1. The van der Waals surface area contributed by atoms with Crippen molar-refractivity contribution in [2.45, 2.75) is 26.8 Å².